The van der Waals surface area contributed by atoms with Crippen molar-refractivity contribution in [3.8, 4) is 0 Å². The van der Waals surface area contributed by atoms with Gasteiger partial charge in [-0.15, -0.1) is 0 Å². The largest absolute Gasteiger partial charge is 0.394 e. The molecular formula is C43H92N18O19S6. The van der Waals surface area contributed by atoms with Gasteiger partial charge in [0.1, 0.15) is 30.2 Å². The average Bonchev–Trinajstić information content (AvgIpc) is 3.41. The number of primary amides is 5. The van der Waals surface area contributed by atoms with Crippen molar-refractivity contribution >= 4 is 155 Å². The minimum absolute atomic E-state index is 0.0525. The first-order valence-electron chi connectivity index (χ1n) is 24.3. The van der Waals surface area contributed by atoms with Crippen LogP contribution in [0.3, 0.4) is 0 Å². The Hall–Kier alpha value is -6.00. The summed E-state index contributed by atoms with van der Waals surface area (Å²) in [6.07, 6.45) is 0. The fraction of sp³-hybridized carbons (Fsp3) is 0.674. The lowest BCUT2D eigenvalue weighted by atomic mass is 10.3. The van der Waals surface area contributed by atoms with Gasteiger partial charge in [0.25, 0.3) is 0 Å². The summed E-state index contributed by atoms with van der Waals surface area (Å²) in [5.74, 6) is -3.47. The van der Waals surface area contributed by atoms with E-state index in [9.17, 15) is 57.5 Å². The third kappa shape index (κ3) is 74.1. The van der Waals surface area contributed by atoms with Crippen LogP contribution in [0.1, 0.15) is 48.5 Å². The number of nitrogens with two attached hydrogens (primary N) is 9. The predicted octanol–water partition coefficient (Wildman–Crippen LogP) is -11.8. The molecule has 0 aliphatic heterocycles. The van der Waals surface area contributed by atoms with Gasteiger partial charge in [-0.3, -0.25) is 57.5 Å². The molecule has 43 heteroatoms. The molecule has 0 unspecified atom stereocenters. The van der Waals surface area contributed by atoms with Crippen molar-refractivity contribution in [2.45, 2.75) is 103 Å². The molecule has 7 atom stereocenters. The molecule has 0 rings (SSSR count). The van der Waals surface area contributed by atoms with Gasteiger partial charge in [0, 0.05) is 83.0 Å². The average molecular weight is 1360 g/mol. The number of rotatable bonds is 30. The molecule has 0 radical (unpaired) electrons. The van der Waals surface area contributed by atoms with Gasteiger partial charge in [-0.1, -0.05) is 21.6 Å². The molecule has 0 aliphatic rings. The van der Waals surface area contributed by atoms with Crippen molar-refractivity contribution in [3.05, 3.63) is 0 Å². The number of nitrogens with one attached hydrogen (secondary N) is 7. The standard InChI is InChI=1S/C10H18N4O4S2.C5H10N2O3.2C5H11NO3.2C5H11NO2S.2C4H10N4OS/c1-5(15)13-7(9(11)17)3-19-20-4-8(10(12)18)14-6(2)16;1-3(9)7-4(2-8)5(6)10;2*1-4(9)6-5(2-7)3-8;2*1-4(8)6-5(2-7)3-9;2*5-3(9)2(1-10)8-4(6)7/h7-8H,3-4H2,1-2H3,(H2,11,17)(H2,12,18)(H,13,15)(H,14,16);4,8H,2H2,1H3,(H2,6,10)(H,7,9);2*5,7-8H,2-3H2,1H3,(H,6,9);2*5,7,9H,2-3H2,1H3,(H,6,8);2*2,10H,1H2,(H2,5,9)(H4,6,7,8)/t7-,8+;4-;;;2*5-;2*2-/m.1..1010/s1. The van der Waals surface area contributed by atoms with Gasteiger partial charge < -0.3 is 125 Å². The number of carbonyl (C=O) groups excluding carboxylic acids is 12. The summed E-state index contributed by atoms with van der Waals surface area (Å²) in [6.45, 7) is 7.82. The summed E-state index contributed by atoms with van der Waals surface area (Å²) >= 11 is 15.4. The molecule has 32 N–H and O–H groups in total. The predicted molar refractivity (Wildman–Crippen MR) is 338 cm³/mol. The lowest BCUT2D eigenvalue weighted by molar-refractivity contribution is -0.127. The van der Waals surface area contributed by atoms with Crippen LogP contribution in [0.25, 0.3) is 0 Å². The number of carbonyl (C=O) groups is 12. The summed E-state index contributed by atoms with van der Waals surface area (Å²) in [7, 11) is 2.49. The van der Waals surface area contributed by atoms with Crippen LogP contribution in [-0.2, 0) is 57.5 Å². The van der Waals surface area contributed by atoms with Crippen LogP contribution in [0, 0.1) is 0 Å². The Morgan fingerprint density at radius 2 is 0.535 bits per heavy atom. The van der Waals surface area contributed by atoms with Gasteiger partial charge in [-0.25, -0.2) is 9.98 Å². The van der Waals surface area contributed by atoms with Crippen LogP contribution < -0.4 is 88.8 Å². The fourth-order valence-corrected chi connectivity index (χ4v) is 7.35. The van der Waals surface area contributed by atoms with Gasteiger partial charge in [0.05, 0.1) is 70.4 Å². The van der Waals surface area contributed by atoms with E-state index in [-0.39, 0.29) is 122 Å². The third-order valence-corrected chi connectivity index (χ3v) is 11.9. The monoisotopic (exact) mass is 1360 g/mol. The molecule has 0 saturated heterocycles. The zero-order chi connectivity index (χ0) is 69.2. The normalized spacial score (nSPS) is 12.0. The molecule has 504 valence electrons. The molecule has 0 fully saturated rings. The molecule has 86 heavy (non-hydrogen) atoms. The number of aliphatic hydroxyl groups is 7. The third-order valence-electron chi connectivity index (χ3n) is 7.90. The van der Waals surface area contributed by atoms with E-state index in [1.165, 1.54) is 70.1 Å². The van der Waals surface area contributed by atoms with Crippen LogP contribution in [0.15, 0.2) is 9.98 Å². The molecule has 12 amide bonds. The first-order valence-corrected chi connectivity index (χ1v) is 29.3. The Kier molecular flexibility index (Phi) is 71.1. The van der Waals surface area contributed by atoms with E-state index in [1.807, 2.05) is 0 Å². The number of amides is 12. The van der Waals surface area contributed by atoms with Gasteiger partial charge in [0.15, 0.2) is 11.9 Å². The smallest absolute Gasteiger partial charge is 0.243 e. The minimum atomic E-state index is -0.961. The van der Waals surface area contributed by atoms with Crippen molar-refractivity contribution < 1.29 is 93.3 Å². The quantitative estimate of drug-likeness (QED) is 0.0104. The van der Waals surface area contributed by atoms with Crippen molar-refractivity contribution in [1.29, 1.82) is 0 Å². The molecule has 0 aromatic carbocycles. The summed E-state index contributed by atoms with van der Waals surface area (Å²) in [6, 6.07) is -5.38. The second-order valence-corrected chi connectivity index (χ2v) is 20.1. The topological polar surface area (TPSA) is 690 Å². The van der Waals surface area contributed by atoms with Gasteiger partial charge in [-0.2, -0.15) is 50.5 Å². The molecule has 37 nitrogen and oxygen atoms in total. The van der Waals surface area contributed by atoms with Crippen molar-refractivity contribution in [3.63, 3.8) is 0 Å². The Morgan fingerprint density at radius 3 is 0.628 bits per heavy atom. The van der Waals surface area contributed by atoms with Crippen molar-refractivity contribution in [2.24, 2.45) is 61.6 Å². The Morgan fingerprint density at radius 1 is 0.326 bits per heavy atom. The van der Waals surface area contributed by atoms with E-state index in [1.54, 1.807) is 0 Å². The van der Waals surface area contributed by atoms with E-state index >= 15 is 0 Å². The zero-order valence-corrected chi connectivity index (χ0v) is 53.8. The lowest BCUT2D eigenvalue weighted by Crippen LogP contribution is -2.46. The molecule has 0 aromatic heterocycles. The second-order valence-electron chi connectivity index (χ2n) is 16.1. The SMILES string of the molecule is CC(=O)NC(CO)CO.CC(=O)NC(CO)CO.CC(=O)N[C@@H](CO)CS.CC(=O)N[C@@H](CSSC[C@@H](NC(C)=O)C(N)=O)C(N)=O.CC(=O)N[C@H](CO)C(N)=O.CC(=O)N[C@H](CO)CS.NC(=O)[C@@H](CS)N=C(N)N.NC(=O)[C@H](CS)N=C(N)N. The molecule has 0 aliphatic carbocycles. The zero-order valence-electron chi connectivity index (χ0n) is 48.6. The molecule has 0 saturated carbocycles. The maximum Gasteiger partial charge on any atom is 0.243 e. The van der Waals surface area contributed by atoms with E-state index in [2.05, 4.69) is 97.7 Å². The van der Waals surface area contributed by atoms with E-state index in [4.69, 9.17) is 87.3 Å². The van der Waals surface area contributed by atoms with Gasteiger partial charge in [0.2, 0.25) is 70.9 Å². The van der Waals surface area contributed by atoms with E-state index in [0.29, 0.717) is 11.5 Å². The molecule has 0 heterocycles. The Balaban J connectivity index is -0.000000138. The van der Waals surface area contributed by atoms with Crippen LogP contribution in [0.4, 0.5) is 0 Å². The number of nitrogens with zero attached hydrogens (tertiary/aromatic N) is 2. The maximum absolute atomic E-state index is 11.1. The summed E-state index contributed by atoms with van der Waals surface area (Å²) in [5.41, 5.74) is 44.8. The highest BCUT2D eigenvalue weighted by atomic mass is 33.1. The number of thiol groups is 4. The van der Waals surface area contributed by atoms with Crippen molar-refractivity contribution in [1.82, 2.24) is 37.2 Å². The first kappa shape index (κ1) is 96.3. The first-order chi connectivity index (χ1) is 39.8. The van der Waals surface area contributed by atoms with Crippen LogP contribution >= 0.6 is 72.1 Å². The Labute approximate surface area is 528 Å². The number of guanidine groups is 2. The number of aliphatic hydroxyl groups excluding tert-OH is 7. The van der Waals surface area contributed by atoms with E-state index in [0.717, 1.165) is 0 Å². The maximum atomic E-state index is 11.1. The number of hydrogen-bond acceptors (Lipinski definition) is 27. The van der Waals surface area contributed by atoms with Gasteiger partial charge in [-0.05, 0) is 0 Å². The molecule has 0 aromatic rings. The summed E-state index contributed by atoms with van der Waals surface area (Å²) < 4.78 is 0. The summed E-state index contributed by atoms with van der Waals surface area (Å²) in [4.78, 5) is 133. The molecule has 0 bridgehead atoms. The van der Waals surface area contributed by atoms with E-state index < -0.39 is 84.3 Å². The molecule has 0 spiro atoms. The Bertz CT molecular complexity index is 1840. The van der Waals surface area contributed by atoms with Gasteiger partial charge >= 0.3 is 0 Å². The highest BCUT2D eigenvalue weighted by molar-refractivity contribution is 8.76. The highest BCUT2D eigenvalue weighted by Crippen LogP contribution is 2.23. The molecular weight excluding hydrogens is 1260 g/mol. The highest BCUT2D eigenvalue weighted by Gasteiger charge is 2.20. The van der Waals surface area contributed by atoms with Crippen molar-refractivity contribution in [2.75, 3.05) is 80.8 Å². The lowest BCUT2D eigenvalue weighted by Gasteiger charge is -2.15. The van der Waals surface area contributed by atoms with Crippen LogP contribution in [0.2, 0.25) is 0 Å². The second kappa shape index (κ2) is 63.5. The van der Waals surface area contributed by atoms with Crippen LogP contribution in [-0.4, -0.2) is 254 Å². The fourth-order valence-electron chi connectivity index (χ4n) is 4.06. The minimum Gasteiger partial charge on any atom is -0.394 e. The summed E-state index contributed by atoms with van der Waals surface area (Å²) in [5, 5.41) is 75.8. The van der Waals surface area contributed by atoms with Crippen LogP contribution in [0.5, 0.6) is 0 Å². The number of aliphatic imine (C=N–C) groups is 2. The number of hydrogen-bond donors (Lipinski definition) is 27.